The number of carbonyl (C=O) groups is 1. The number of hydrogen-bond acceptors (Lipinski definition) is 3. The molecule has 0 spiro atoms. The molecule has 0 radical (unpaired) electrons. The molecule has 0 aliphatic carbocycles. The Kier molecular flexibility index (Phi) is 4.29. The molecule has 2 aromatic rings. The van der Waals surface area contributed by atoms with Crippen molar-refractivity contribution >= 4 is 27.8 Å². The zero-order chi connectivity index (χ0) is 14.7. The van der Waals surface area contributed by atoms with E-state index in [0.29, 0.717) is 17.9 Å². The van der Waals surface area contributed by atoms with Crippen LogP contribution in [-0.2, 0) is 0 Å². The smallest absolute Gasteiger partial charge is 0.320 e. The highest BCUT2D eigenvalue weighted by Gasteiger charge is 2.14. The lowest BCUT2D eigenvalue weighted by molar-refractivity contribution is 0.254. The van der Waals surface area contributed by atoms with Crippen LogP contribution in [0.5, 0.6) is 0 Å². The van der Waals surface area contributed by atoms with Crippen molar-refractivity contribution in [1.82, 2.24) is 9.97 Å². The zero-order valence-electron chi connectivity index (χ0n) is 10.7. The molecule has 0 saturated carbocycles. The molecule has 0 aliphatic heterocycles. The minimum Gasteiger partial charge on any atom is -0.351 e. The van der Waals surface area contributed by atoms with Crippen molar-refractivity contribution in [2.45, 2.75) is 6.92 Å². The quantitative estimate of drug-likeness (QED) is 0.874. The molecule has 0 unspecified atom stereocenters. The van der Waals surface area contributed by atoms with Crippen molar-refractivity contribution in [3.63, 3.8) is 0 Å². The third kappa shape index (κ3) is 2.93. The summed E-state index contributed by atoms with van der Waals surface area (Å²) in [5, 5.41) is 0. The van der Waals surface area contributed by atoms with Crippen LogP contribution in [0.1, 0.15) is 6.92 Å². The van der Waals surface area contributed by atoms with Gasteiger partial charge in [-0.15, -0.1) is 0 Å². The summed E-state index contributed by atoms with van der Waals surface area (Å²) < 4.78 is 13.6. The molecule has 2 rings (SSSR count). The normalized spacial score (nSPS) is 10.3. The summed E-state index contributed by atoms with van der Waals surface area (Å²) in [6, 6.07) is 4.00. The second-order valence-electron chi connectivity index (χ2n) is 3.97. The highest BCUT2D eigenvalue weighted by atomic mass is 79.9. The van der Waals surface area contributed by atoms with Gasteiger partial charge in [0.25, 0.3) is 0 Å². The third-order valence-corrected chi connectivity index (χ3v) is 3.37. The van der Waals surface area contributed by atoms with Crippen molar-refractivity contribution in [3.8, 4) is 11.1 Å². The maximum Gasteiger partial charge on any atom is 0.320 e. The number of halogens is 2. The van der Waals surface area contributed by atoms with Gasteiger partial charge >= 0.3 is 6.03 Å². The van der Waals surface area contributed by atoms with Gasteiger partial charge in [-0.1, -0.05) is 0 Å². The van der Waals surface area contributed by atoms with Crippen molar-refractivity contribution in [2.75, 3.05) is 11.4 Å². The van der Waals surface area contributed by atoms with E-state index >= 15 is 0 Å². The van der Waals surface area contributed by atoms with Gasteiger partial charge in [-0.3, -0.25) is 4.90 Å². The van der Waals surface area contributed by atoms with Crippen LogP contribution in [0.4, 0.5) is 15.0 Å². The van der Waals surface area contributed by atoms with Crippen LogP contribution in [0.2, 0.25) is 0 Å². The Morgan fingerprint density at radius 3 is 2.70 bits per heavy atom. The Balaban J connectivity index is 2.48. The van der Waals surface area contributed by atoms with Crippen molar-refractivity contribution in [2.24, 2.45) is 5.73 Å². The van der Waals surface area contributed by atoms with Gasteiger partial charge in [0.1, 0.15) is 5.82 Å². The summed E-state index contributed by atoms with van der Waals surface area (Å²) in [5.41, 5.74) is 6.76. The molecule has 0 bridgehead atoms. The SMILES string of the molecule is CCN(C(N)=O)c1cc(-c2ccc(F)nc2)c(Br)cn1. The summed E-state index contributed by atoms with van der Waals surface area (Å²) >= 11 is 3.38. The fourth-order valence-electron chi connectivity index (χ4n) is 1.76. The number of hydrogen-bond donors (Lipinski definition) is 1. The minimum atomic E-state index is -0.578. The van der Waals surface area contributed by atoms with Crippen LogP contribution in [0.25, 0.3) is 11.1 Å². The number of amides is 2. The predicted molar refractivity (Wildman–Crippen MR) is 77.7 cm³/mol. The molecule has 2 N–H and O–H groups in total. The first-order chi connectivity index (χ1) is 9.52. The molecule has 0 aromatic carbocycles. The van der Waals surface area contributed by atoms with Gasteiger partial charge < -0.3 is 5.73 Å². The van der Waals surface area contributed by atoms with E-state index in [0.717, 1.165) is 10.0 Å². The number of primary amides is 1. The first-order valence-electron chi connectivity index (χ1n) is 5.87. The number of anilines is 1. The van der Waals surface area contributed by atoms with Gasteiger partial charge in [0.15, 0.2) is 0 Å². The van der Waals surface area contributed by atoms with Gasteiger partial charge in [0.2, 0.25) is 5.95 Å². The number of rotatable bonds is 3. The average Bonchev–Trinajstić information content (AvgIpc) is 2.42. The van der Waals surface area contributed by atoms with Gasteiger partial charge in [-0.2, -0.15) is 4.39 Å². The highest BCUT2D eigenvalue weighted by molar-refractivity contribution is 9.10. The van der Waals surface area contributed by atoms with E-state index in [1.54, 1.807) is 25.3 Å². The summed E-state index contributed by atoms with van der Waals surface area (Å²) in [6.07, 6.45) is 2.99. The van der Waals surface area contributed by atoms with E-state index in [9.17, 15) is 9.18 Å². The van der Waals surface area contributed by atoms with E-state index < -0.39 is 12.0 Å². The molecule has 0 saturated heterocycles. The van der Waals surface area contributed by atoms with Crippen molar-refractivity contribution < 1.29 is 9.18 Å². The lowest BCUT2D eigenvalue weighted by Crippen LogP contribution is -2.36. The van der Waals surface area contributed by atoms with Crippen LogP contribution in [0, 0.1) is 5.95 Å². The lowest BCUT2D eigenvalue weighted by Gasteiger charge is -2.18. The Hall–Kier alpha value is -2.02. The van der Waals surface area contributed by atoms with Crippen molar-refractivity contribution in [1.29, 1.82) is 0 Å². The Morgan fingerprint density at radius 2 is 2.15 bits per heavy atom. The number of nitrogens with zero attached hydrogens (tertiary/aromatic N) is 3. The van der Waals surface area contributed by atoms with Crippen LogP contribution < -0.4 is 10.6 Å². The Bertz CT molecular complexity index is 633. The van der Waals surface area contributed by atoms with E-state index in [1.165, 1.54) is 17.2 Å². The second kappa shape index (κ2) is 5.96. The molecule has 7 heteroatoms. The van der Waals surface area contributed by atoms with Crippen LogP contribution in [0.3, 0.4) is 0 Å². The molecule has 5 nitrogen and oxygen atoms in total. The monoisotopic (exact) mass is 338 g/mol. The third-order valence-electron chi connectivity index (χ3n) is 2.74. The minimum absolute atomic E-state index is 0.408. The Morgan fingerprint density at radius 1 is 1.40 bits per heavy atom. The van der Waals surface area contributed by atoms with Crippen LogP contribution in [-0.4, -0.2) is 22.5 Å². The van der Waals surface area contributed by atoms with Crippen molar-refractivity contribution in [3.05, 3.63) is 41.0 Å². The molecule has 2 amide bonds. The molecular weight excluding hydrogens is 327 g/mol. The molecule has 0 atom stereocenters. The number of carbonyl (C=O) groups excluding carboxylic acids is 1. The number of nitrogens with two attached hydrogens (primary N) is 1. The molecule has 2 heterocycles. The van der Waals surface area contributed by atoms with E-state index in [4.69, 9.17) is 5.73 Å². The van der Waals surface area contributed by atoms with Gasteiger partial charge in [0, 0.05) is 34.5 Å². The van der Waals surface area contributed by atoms with Crippen LogP contribution >= 0.6 is 15.9 Å². The highest BCUT2D eigenvalue weighted by Crippen LogP contribution is 2.30. The topological polar surface area (TPSA) is 72.1 Å². The standard InChI is InChI=1S/C13H12BrFN4O/c1-2-19(13(16)20)12-5-9(10(14)7-18-12)8-3-4-11(15)17-6-8/h3-7H,2H2,1H3,(H2,16,20). The van der Waals surface area contributed by atoms with E-state index in [1.807, 2.05) is 0 Å². The van der Waals surface area contributed by atoms with Gasteiger partial charge in [-0.05, 0) is 41.1 Å². The molecular formula is C13H12BrFN4O. The van der Waals surface area contributed by atoms with E-state index in [-0.39, 0.29) is 0 Å². The average molecular weight is 339 g/mol. The summed E-state index contributed by atoms with van der Waals surface area (Å²) in [4.78, 5) is 20.5. The number of aromatic nitrogens is 2. The number of pyridine rings is 2. The first kappa shape index (κ1) is 14.4. The molecule has 2 aromatic heterocycles. The zero-order valence-corrected chi connectivity index (χ0v) is 12.3. The Labute approximate surface area is 123 Å². The maximum absolute atomic E-state index is 12.9. The fourth-order valence-corrected chi connectivity index (χ4v) is 2.21. The summed E-state index contributed by atoms with van der Waals surface area (Å²) in [7, 11) is 0. The summed E-state index contributed by atoms with van der Waals surface area (Å²) in [5.74, 6) is -0.117. The molecule has 104 valence electrons. The second-order valence-corrected chi connectivity index (χ2v) is 4.83. The number of urea groups is 1. The molecule has 0 aliphatic rings. The molecule has 20 heavy (non-hydrogen) atoms. The maximum atomic E-state index is 12.9. The lowest BCUT2D eigenvalue weighted by atomic mass is 10.1. The van der Waals surface area contributed by atoms with E-state index in [2.05, 4.69) is 25.9 Å². The fraction of sp³-hybridized carbons (Fsp3) is 0.154. The largest absolute Gasteiger partial charge is 0.351 e. The summed E-state index contributed by atoms with van der Waals surface area (Å²) in [6.45, 7) is 2.21. The predicted octanol–water partition coefficient (Wildman–Crippen LogP) is 2.95. The molecule has 0 fully saturated rings. The van der Waals surface area contributed by atoms with Crippen LogP contribution in [0.15, 0.2) is 35.1 Å². The van der Waals surface area contributed by atoms with Gasteiger partial charge in [-0.25, -0.2) is 14.8 Å². The van der Waals surface area contributed by atoms with Gasteiger partial charge in [0.05, 0.1) is 0 Å². The first-order valence-corrected chi connectivity index (χ1v) is 6.66.